The maximum Gasteiger partial charge on any atom is 0.124 e. The summed E-state index contributed by atoms with van der Waals surface area (Å²) in [7, 11) is 1.65. The van der Waals surface area contributed by atoms with Crippen LogP contribution in [0.4, 0.5) is 0 Å². The van der Waals surface area contributed by atoms with E-state index in [-0.39, 0.29) is 0 Å². The molecule has 0 atom stereocenters. The fraction of sp³-hybridized carbons (Fsp3) is 0.455. The van der Waals surface area contributed by atoms with Crippen molar-refractivity contribution in [3.05, 3.63) is 28.3 Å². The molecule has 3 heteroatoms. The topological polar surface area (TPSA) is 18.5 Å². The van der Waals surface area contributed by atoms with Gasteiger partial charge in [0.2, 0.25) is 0 Å². The van der Waals surface area contributed by atoms with Crippen molar-refractivity contribution in [3.63, 3.8) is 0 Å². The summed E-state index contributed by atoms with van der Waals surface area (Å²) < 4.78 is 10.6. The van der Waals surface area contributed by atoms with Gasteiger partial charge in [0.05, 0.1) is 13.7 Å². The highest BCUT2D eigenvalue weighted by Crippen LogP contribution is 2.26. The molecule has 78 valence electrons. The summed E-state index contributed by atoms with van der Waals surface area (Å²) >= 11 is 6.01. The number of hydrogen-bond acceptors (Lipinski definition) is 2. The molecule has 2 nitrogen and oxygen atoms in total. The highest BCUT2D eigenvalue weighted by atomic mass is 35.5. The molecule has 0 N–H and O–H groups in total. The first-order valence-electron chi connectivity index (χ1n) is 4.59. The smallest absolute Gasteiger partial charge is 0.124 e. The van der Waals surface area contributed by atoms with Crippen molar-refractivity contribution in [1.82, 2.24) is 0 Å². The standard InChI is InChI=1S/C11H15ClO2/c1-4-14-7-9-6-10(12)8(2)5-11(9)13-3/h5-6H,4,7H2,1-3H3. The third-order valence-electron chi connectivity index (χ3n) is 2.02. The van der Waals surface area contributed by atoms with Crippen molar-refractivity contribution in [2.45, 2.75) is 20.5 Å². The maximum absolute atomic E-state index is 6.01. The molecule has 0 aliphatic heterocycles. The predicted molar refractivity (Wildman–Crippen MR) is 58.1 cm³/mol. The number of benzene rings is 1. The molecule has 0 amide bonds. The van der Waals surface area contributed by atoms with Gasteiger partial charge in [-0.3, -0.25) is 0 Å². The van der Waals surface area contributed by atoms with Crippen LogP contribution in [0.2, 0.25) is 5.02 Å². The van der Waals surface area contributed by atoms with Crippen LogP contribution in [-0.4, -0.2) is 13.7 Å². The first-order chi connectivity index (χ1) is 6.69. The Labute approximate surface area is 89.8 Å². The Morgan fingerprint density at radius 2 is 2.07 bits per heavy atom. The highest BCUT2D eigenvalue weighted by Gasteiger charge is 2.06. The van der Waals surface area contributed by atoms with E-state index in [1.54, 1.807) is 7.11 Å². The normalized spacial score (nSPS) is 10.3. The van der Waals surface area contributed by atoms with Gasteiger partial charge in [0.25, 0.3) is 0 Å². The molecule has 0 aliphatic carbocycles. The lowest BCUT2D eigenvalue weighted by atomic mass is 10.1. The Morgan fingerprint density at radius 3 is 2.64 bits per heavy atom. The molecule has 0 heterocycles. The number of aryl methyl sites for hydroxylation is 1. The fourth-order valence-electron chi connectivity index (χ4n) is 1.21. The molecule has 14 heavy (non-hydrogen) atoms. The summed E-state index contributed by atoms with van der Waals surface area (Å²) in [5.41, 5.74) is 2.01. The zero-order chi connectivity index (χ0) is 10.6. The van der Waals surface area contributed by atoms with Gasteiger partial charge in [-0.05, 0) is 31.5 Å². The molecule has 0 saturated carbocycles. The summed E-state index contributed by atoms with van der Waals surface area (Å²) in [6, 6.07) is 3.82. The molecule has 1 rings (SSSR count). The molecule has 1 aromatic carbocycles. The number of hydrogen-bond donors (Lipinski definition) is 0. The molecule has 1 aromatic rings. The summed E-state index contributed by atoms with van der Waals surface area (Å²) in [6.07, 6.45) is 0. The molecule has 0 radical (unpaired) electrons. The third-order valence-corrected chi connectivity index (χ3v) is 2.43. The van der Waals surface area contributed by atoms with Crippen LogP contribution in [0.3, 0.4) is 0 Å². The minimum absolute atomic E-state index is 0.541. The Balaban J connectivity index is 2.95. The van der Waals surface area contributed by atoms with Crippen LogP contribution in [0.1, 0.15) is 18.1 Å². The predicted octanol–water partition coefficient (Wildman–Crippen LogP) is 3.19. The zero-order valence-electron chi connectivity index (χ0n) is 8.76. The lowest BCUT2D eigenvalue weighted by molar-refractivity contribution is 0.132. The van der Waals surface area contributed by atoms with Crippen molar-refractivity contribution < 1.29 is 9.47 Å². The van der Waals surface area contributed by atoms with Gasteiger partial charge in [-0.2, -0.15) is 0 Å². The monoisotopic (exact) mass is 214 g/mol. The quantitative estimate of drug-likeness (QED) is 0.767. The lowest BCUT2D eigenvalue weighted by Gasteiger charge is -2.10. The van der Waals surface area contributed by atoms with E-state index in [1.807, 2.05) is 26.0 Å². The molecular weight excluding hydrogens is 200 g/mol. The SMILES string of the molecule is CCOCc1cc(Cl)c(C)cc1OC. The second kappa shape index (κ2) is 5.23. The average Bonchev–Trinajstić information content (AvgIpc) is 2.19. The van der Waals surface area contributed by atoms with Crippen molar-refractivity contribution in [1.29, 1.82) is 0 Å². The molecule has 0 aliphatic rings. The molecule has 0 bridgehead atoms. The fourth-order valence-corrected chi connectivity index (χ4v) is 1.40. The molecule has 0 spiro atoms. The number of ether oxygens (including phenoxy) is 2. The zero-order valence-corrected chi connectivity index (χ0v) is 9.52. The van der Waals surface area contributed by atoms with E-state index in [9.17, 15) is 0 Å². The van der Waals surface area contributed by atoms with E-state index in [4.69, 9.17) is 21.1 Å². The Hall–Kier alpha value is -0.730. The van der Waals surface area contributed by atoms with E-state index < -0.39 is 0 Å². The van der Waals surface area contributed by atoms with Crippen LogP contribution in [0.5, 0.6) is 5.75 Å². The van der Waals surface area contributed by atoms with Gasteiger partial charge in [0.1, 0.15) is 5.75 Å². The van der Waals surface area contributed by atoms with E-state index in [0.717, 1.165) is 21.9 Å². The number of methoxy groups -OCH3 is 1. The van der Waals surface area contributed by atoms with Crippen molar-refractivity contribution in [3.8, 4) is 5.75 Å². The summed E-state index contributed by atoms with van der Waals surface area (Å²) in [5.74, 6) is 0.834. The first-order valence-corrected chi connectivity index (χ1v) is 4.97. The van der Waals surface area contributed by atoms with Crippen LogP contribution in [0.15, 0.2) is 12.1 Å². The highest BCUT2D eigenvalue weighted by molar-refractivity contribution is 6.31. The third kappa shape index (κ3) is 2.63. The molecular formula is C11H15ClO2. The van der Waals surface area contributed by atoms with E-state index in [0.29, 0.717) is 13.2 Å². The van der Waals surface area contributed by atoms with Crippen LogP contribution in [-0.2, 0) is 11.3 Å². The molecule has 0 aromatic heterocycles. The van der Waals surface area contributed by atoms with Crippen molar-refractivity contribution in [2.24, 2.45) is 0 Å². The van der Waals surface area contributed by atoms with Crippen LogP contribution in [0.25, 0.3) is 0 Å². The second-order valence-electron chi connectivity index (χ2n) is 3.05. The largest absolute Gasteiger partial charge is 0.496 e. The van der Waals surface area contributed by atoms with Gasteiger partial charge in [-0.15, -0.1) is 0 Å². The first kappa shape index (κ1) is 11.3. The number of rotatable bonds is 4. The molecule has 0 unspecified atom stereocenters. The second-order valence-corrected chi connectivity index (χ2v) is 3.46. The van der Waals surface area contributed by atoms with Crippen LogP contribution < -0.4 is 4.74 Å². The van der Waals surface area contributed by atoms with Gasteiger partial charge >= 0.3 is 0 Å². The summed E-state index contributed by atoms with van der Waals surface area (Å²) in [4.78, 5) is 0. The number of halogens is 1. The van der Waals surface area contributed by atoms with E-state index >= 15 is 0 Å². The Bertz CT molecular complexity index is 310. The molecule has 0 fully saturated rings. The van der Waals surface area contributed by atoms with Crippen LogP contribution >= 0.6 is 11.6 Å². The Morgan fingerprint density at radius 1 is 1.36 bits per heavy atom. The molecule has 0 saturated heterocycles. The lowest BCUT2D eigenvalue weighted by Crippen LogP contribution is -1.97. The minimum Gasteiger partial charge on any atom is -0.496 e. The Kier molecular flexibility index (Phi) is 4.23. The van der Waals surface area contributed by atoms with Crippen LogP contribution in [0, 0.1) is 6.92 Å². The van der Waals surface area contributed by atoms with Crippen molar-refractivity contribution >= 4 is 11.6 Å². The minimum atomic E-state index is 0.541. The maximum atomic E-state index is 6.01. The van der Waals surface area contributed by atoms with Gasteiger partial charge in [-0.1, -0.05) is 11.6 Å². The summed E-state index contributed by atoms with van der Waals surface area (Å²) in [5, 5.41) is 0.750. The average molecular weight is 215 g/mol. The van der Waals surface area contributed by atoms with Gasteiger partial charge in [0, 0.05) is 17.2 Å². The van der Waals surface area contributed by atoms with Crippen molar-refractivity contribution in [2.75, 3.05) is 13.7 Å². The van der Waals surface area contributed by atoms with Gasteiger partial charge in [-0.25, -0.2) is 0 Å². The van der Waals surface area contributed by atoms with Gasteiger partial charge < -0.3 is 9.47 Å². The summed E-state index contributed by atoms with van der Waals surface area (Å²) in [6.45, 7) is 5.14. The van der Waals surface area contributed by atoms with E-state index in [1.165, 1.54) is 0 Å². The van der Waals surface area contributed by atoms with E-state index in [2.05, 4.69) is 0 Å². The van der Waals surface area contributed by atoms with Gasteiger partial charge in [0.15, 0.2) is 0 Å².